The molecule has 0 saturated heterocycles. The van der Waals surface area contributed by atoms with Crippen molar-refractivity contribution >= 4 is 17.4 Å². The molecule has 1 aromatic carbocycles. The average Bonchev–Trinajstić information content (AvgIpc) is 2.70. The predicted molar refractivity (Wildman–Crippen MR) is 67.5 cm³/mol. The molecule has 1 aromatic heterocycles. The highest BCUT2D eigenvalue weighted by atomic mass is 35.5. The Labute approximate surface area is 105 Å². The van der Waals surface area contributed by atoms with Gasteiger partial charge in [-0.05, 0) is 13.8 Å². The third kappa shape index (κ3) is 2.24. The summed E-state index contributed by atoms with van der Waals surface area (Å²) in [6.07, 6.45) is 1.51. The van der Waals surface area contributed by atoms with Crippen LogP contribution >= 0.6 is 11.6 Å². The number of hydrogen-bond donors (Lipinski definition) is 0. The van der Waals surface area contributed by atoms with Crippen LogP contribution in [0.2, 0.25) is 5.02 Å². The molecule has 0 aliphatic heterocycles. The van der Waals surface area contributed by atoms with Gasteiger partial charge < -0.3 is 0 Å². The summed E-state index contributed by atoms with van der Waals surface area (Å²) < 4.78 is 1.62. The summed E-state index contributed by atoms with van der Waals surface area (Å²) >= 11 is 6.00. The Balaban J connectivity index is 2.43. The van der Waals surface area contributed by atoms with Crippen molar-refractivity contribution in [2.45, 2.75) is 20.4 Å². The van der Waals surface area contributed by atoms with Crippen molar-refractivity contribution in [3.8, 4) is 0 Å². The molecule has 2 rings (SSSR count). The van der Waals surface area contributed by atoms with E-state index in [4.69, 9.17) is 11.6 Å². The van der Waals surface area contributed by atoms with Crippen LogP contribution in [0.15, 0.2) is 30.5 Å². The zero-order valence-corrected chi connectivity index (χ0v) is 10.5. The molecule has 3 nitrogen and oxygen atoms in total. The van der Waals surface area contributed by atoms with Gasteiger partial charge in [0.05, 0.1) is 11.2 Å². The second-order valence-corrected chi connectivity index (χ2v) is 4.26. The van der Waals surface area contributed by atoms with Crippen LogP contribution in [-0.4, -0.2) is 15.6 Å². The van der Waals surface area contributed by atoms with Crippen LogP contribution in [-0.2, 0) is 6.54 Å². The highest BCUT2D eigenvalue weighted by Gasteiger charge is 2.18. The minimum atomic E-state index is -0.0886. The lowest BCUT2D eigenvalue weighted by atomic mass is 10.1. The molecule has 0 N–H and O–H groups in total. The smallest absolute Gasteiger partial charge is 0.212 e. The zero-order valence-electron chi connectivity index (χ0n) is 9.77. The Morgan fingerprint density at radius 1 is 1.35 bits per heavy atom. The van der Waals surface area contributed by atoms with Gasteiger partial charge >= 0.3 is 0 Å². The second-order valence-electron chi connectivity index (χ2n) is 3.85. The van der Waals surface area contributed by atoms with Crippen LogP contribution in [0.5, 0.6) is 0 Å². The minimum absolute atomic E-state index is 0.0886. The average molecular weight is 249 g/mol. The molecular weight excluding hydrogens is 236 g/mol. The van der Waals surface area contributed by atoms with Crippen LogP contribution in [0.1, 0.15) is 28.5 Å². The van der Waals surface area contributed by atoms with Gasteiger partial charge in [-0.3, -0.25) is 9.48 Å². The molecule has 2 aromatic rings. The van der Waals surface area contributed by atoms with Gasteiger partial charge in [0, 0.05) is 12.1 Å². The fourth-order valence-electron chi connectivity index (χ4n) is 1.67. The Morgan fingerprint density at radius 2 is 2.00 bits per heavy atom. The summed E-state index contributed by atoms with van der Waals surface area (Å²) in [4.78, 5) is 12.3. The Kier molecular flexibility index (Phi) is 3.29. The summed E-state index contributed by atoms with van der Waals surface area (Å²) in [5.41, 5.74) is 2.21. The molecule has 17 heavy (non-hydrogen) atoms. The van der Waals surface area contributed by atoms with E-state index in [-0.39, 0.29) is 5.78 Å². The van der Waals surface area contributed by atoms with Crippen molar-refractivity contribution in [2.75, 3.05) is 0 Å². The van der Waals surface area contributed by atoms with E-state index >= 15 is 0 Å². The molecule has 0 aliphatic rings. The maximum absolute atomic E-state index is 12.3. The highest BCUT2D eigenvalue weighted by molar-refractivity contribution is 6.34. The lowest BCUT2D eigenvalue weighted by molar-refractivity contribution is 0.102. The normalized spacial score (nSPS) is 10.5. The van der Waals surface area contributed by atoms with Gasteiger partial charge in [-0.2, -0.15) is 5.10 Å². The van der Waals surface area contributed by atoms with Gasteiger partial charge in [-0.1, -0.05) is 41.4 Å². The Morgan fingerprint density at radius 3 is 2.59 bits per heavy atom. The third-order valence-electron chi connectivity index (χ3n) is 2.62. The number of benzene rings is 1. The fourth-order valence-corrected chi connectivity index (χ4v) is 1.90. The van der Waals surface area contributed by atoms with Crippen molar-refractivity contribution in [2.24, 2.45) is 0 Å². The lowest BCUT2D eigenvalue weighted by Crippen LogP contribution is -2.11. The van der Waals surface area contributed by atoms with Crippen LogP contribution < -0.4 is 0 Å². The van der Waals surface area contributed by atoms with Crippen molar-refractivity contribution in [3.05, 3.63) is 52.3 Å². The molecule has 88 valence electrons. The van der Waals surface area contributed by atoms with E-state index in [0.717, 1.165) is 5.56 Å². The lowest BCUT2D eigenvalue weighted by Gasteiger charge is -2.05. The first-order chi connectivity index (χ1) is 8.13. The van der Waals surface area contributed by atoms with Crippen LogP contribution in [0.25, 0.3) is 0 Å². The van der Waals surface area contributed by atoms with Crippen LogP contribution in [0.4, 0.5) is 0 Å². The minimum Gasteiger partial charge on any atom is -0.287 e. The van der Waals surface area contributed by atoms with E-state index in [0.29, 0.717) is 22.8 Å². The van der Waals surface area contributed by atoms with Crippen LogP contribution in [0, 0.1) is 6.92 Å². The van der Waals surface area contributed by atoms with Crippen molar-refractivity contribution in [1.29, 1.82) is 0 Å². The summed E-state index contributed by atoms with van der Waals surface area (Å²) in [6.45, 7) is 4.53. The number of ketones is 1. The van der Waals surface area contributed by atoms with Gasteiger partial charge in [0.1, 0.15) is 5.69 Å². The molecule has 0 spiro atoms. The number of nitrogens with zero attached hydrogens (tertiary/aromatic N) is 2. The molecule has 0 unspecified atom stereocenters. The molecule has 0 radical (unpaired) electrons. The first kappa shape index (κ1) is 11.9. The van der Waals surface area contributed by atoms with Gasteiger partial charge in [-0.15, -0.1) is 0 Å². The largest absolute Gasteiger partial charge is 0.287 e. The van der Waals surface area contributed by atoms with Gasteiger partial charge in [0.25, 0.3) is 0 Å². The Bertz CT molecular complexity index is 543. The summed E-state index contributed by atoms with van der Waals surface area (Å²) in [5.74, 6) is -0.0886. The Hall–Kier alpha value is -1.61. The molecule has 1 heterocycles. The SMILES string of the molecule is CCn1ncc(Cl)c1C(=O)c1ccc(C)cc1. The van der Waals surface area contributed by atoms with Crippen LogP contribution in [0.3, 0.4) is 0 Å². The first-order valence-electron chi connectivity index (χ1n) is 5.46. The molecule has 0 atom stereocenters. The maximum Gasteiger partial charge on any atom is 0.212 e. The number of aryl methyl sites for hydroxylation is 2. The standard InChI is InChI=1S/C13H13ClN2O/c1-3-16-12(11(14)8-15-16)13(17)10-6-4-9(2)5-7-10/h4-8H,3H2,1-2H3. The van der Waals surface area contributed by atoms with Crippen molar-refractivity contribution < 1.29 is 4.79 Å². The van der Waals surface area contributed by atoms with E-state index in [2.05, 4.69) is 5.10 Å². The van der Waals surface area contributed by atoms with Gasteiger partial charge in [0.15, 0.2) is 0 Å². The number of rotatable bonds is 3. The fraction of sp³-hybridized carbons (Fsp3) is 0.231. The quantitative estimate of drug-likeness (QED) is 0.783. The monoisotopic (exact) mass is 248 g/mol. The third-order valence-corrected chi connectivity index (χ3v) is 2.90. The molecule has 0 saturated carbocycles. The molecule has 0 amide bonds. The van der Waals surface area contributed by atoms with E-state index < -0.39 is 0 Å². The highest BCUT2D eigenvalue weighted by Crippen LogP contribution is 2.19. The predicted octanol–water partition coefficient (Wildman–Crippen LogP) is 3.10. The maximum atomic E-state index is 12.3. The molecular formula is C13H13ClN2O. The molecule has 4 heteroatoms. The molecule has 0 aliphatic carbocycles. The number of halogens is 1. The summed E-state index contributed by atoms with van der Waals surface area (Å²) in [6, 6.07) is 7.43. The van der Waals surface area contributed by atoms with E-state index in [1.807, 2.05) is 26.0 Å². The van der Waals surface area contributed by atoms with Gasteiger partial charge in [-0.25, -0.2) is 0 Å². The summed E-state index contributed by atoms with van der Waals surface area (Å²) in [7, 11) is 0. The van der Waals surface area contributed by atoms with Crippen molar-refractivity contribution in [3.63, 3.8) is 0 Å². The number of hydrogen-bond acceptors (Lipinski definition) is 2. The second kappa shape index (κ2) is 4.72. The number of carbonyl (C=O) groups excluding carboxylic acids is 1. The van der Waals surface area contributed by atoms with E-state index in [9.17, 15) is 4.79 Å². The van der Waals surface area contributed by atoms with Gasteiger partial charge in [0.2, 0.25) is 5.78 Å². The zero-order chi connectivity index (χ0) is 12.4. The van der Waals surface area contributed by atoms with E-state index in [1.54, 1.807) is 16.8 Å². The summed E-state index contributed by atoms with van der Waals surface area (Å²) in [5, 5.41) is 4.46. The number of carbonyl (C=O) groups is 1. The van der Waals surface area contributed by atoms with Crippen molar-refractivity contribution in [1.82, 2.24) is 9.78 Å². The topological polar surface area (TPSA) is 34.9 Å². The number of aromatic nitrogens is 2. The first-order valence-corrected chi connectivity index (χ1v) is 5.84. The molecule has 0 fully saturated rings. The van der Waals surface area contributed by atoms with E-state index in [1.165, 1.54) is 6.20 Å². The molecule has 0 bridgehead atoms.